The number of nitrogen functional groups attached to an aromatic ring is 1. The Labute approximate surface area is 106 Å². The van der Waals surface area contributed by atoms with Gasteiger partial charge in [-0.25, -0.2) is 9.37 Å². The van der Waals surface area contributed by atoms with Gasteiger partial charge in [-0.05, 0) is 18.2 Å². The molecule has 5 nitrogen and oxygen atoms in total. The molecule has 0 aliphatic heterocycles. The van der Waals surface area contributed by atoms with E-state index in [9.17, 15) is 4.39 Å². The van der Waals surface area contributed by atoms with Crippen molar-refractivity contribution in [3.63, 3.8) is 0 Å². The molecule has 3 rings (SSSR count). The number of hydrogen-bond acceptors (Lipinski definition) is 4. The number of nitrogens with two attached hydrogens (primary N) is 1. The second-order valence-electron chi connectivity index (χ2n) is 3.72. The van der Waals surface area contributed by atoms with Crippen LogP contribution >= 0.6 is 11.6 Å². The average molecular weight is 264 g/mol. The van der Waals surface area contributed by atoms with E-state index < -0.39 is 5.82 Å². The molecular weight excluding hydrogens is 257 g/mol. The third kappa shape index (κ3) is 1.76. The number of benzene rings is 1. The van der Waals surface area contributed by atoms with Crippen LogP contribution in [0.5, 0.6) is 0 Å². The van der Waals surface area contributed by atoms with E-state index in [2.05, 4.69) is 20.2 Å². The van der Waals surface area contributed by atoms with Gasteiger partial charge in [0.2, 0.25) is 5.95 Å². The lowest BCUT2D eigenvalue weighted by Crippen LogP contribution is -1.97. The summed E-state index contributed by atoms with van der Waals surface area (Å²) in [6.07, 6.45) is 1.56. The smallest absolute Gasteiger partial charge is 0.222 e. The van der Waals surface area contributed by atoms with Crippen molar-refractivity contribution in [1.29, 1.82) is 0 Å². The Morgan fingerprint density at radius 3 is 2.83 bits per heavy atom. The summed E-state index contributed by atoms with van der Waals surface area (Å²) in [5.74, 6) is -0.353. The molecule has 0 aliphatic carbocycles. The Balaban J connectivity index is 2.33. The molecule has 0 radical (unpaired) electrons. The zero-order chi connectivity index (χ0) is 12.7. The van der Waals surface area contributed by atoms with Crippen LogP contribution in [0.15, 0.2) is 24.4 Å². The molecule has 0 saturated carbocycles. The fraction of sp³-hybridized carbons (Fsp3) is 0. The summed E-state index contributed by atoms with van der Waals surface area (Å²) < 4.78 is 13.4. The maximum absolute atomic E-state index is 13.4. The Hall–Kier alpha value is -2.21. The van der Waals surface area contributed by atoms with Crippen molar-refractivity contribution in [2.45, 2.75) is 0 Å². The van der Waals surface area contributed by atoms with Gasteiger partial charge in [-0.2, -0.15) is 10.1 Å². The Kier molecular flexibility index (Phi) is 2.38. The number of aromatic nitrogens is 4. The fourth-order valence-electron chi connectivity index (χ4n) is 1.76. The van der Waals surface area contributed by atoms with E-state index >= 15 is 0 Å². The van der Waals surface area contributed by atoms with Crippen LogP contribution in [0.4, 0.5) is 10.3 Å². The van der Waals surface area contributed by atoms with Crippen LogP contribution in [-0.2, 0) is 0 Å². The lowest BCUT2D eigenvalue weighted by molar-refractivity contribution is 0.628. The van der Waals surface area contributed by atoms with Crippen LogP contribution in [0.3, 0.4) is 0 Å². The molecule has 90 valence electrons. The van der Waals surface area contributed by atoms with Crippen molar-refractivity contribution in [2.24, 2.45) is 0 Å². The van der Waals surface area contributed by atoms with E-state index in [1.807, 2.05) is 0 Å². The van der Waals surface area contributed by atoms with E-state index in [1.165, 1.54) is 12.1 Å². The molecular formula is C11H7ClFN5. The molecule has 0 bridgehead atoms. The topological polar surface area (TPSA) is 80.5 Å². The number of fused-ring (bicyclic) bond motifs is 1. The minimum absolute atomic E-state index is 0.0853. The summed E-state index contributed by atoms with van der Waals surface area (Å²) >= 11 is 5.83. The van der Waals surface area contributed by atoms with Crippen molar-refractivity contribution < 1.29 is 4.39 Å². The predicted molar refractivity (Wildman–Crippen MR) is 66.5 cm³/mol. The quantitative estimate of drug-likeness (QED) is 0.706. The molecule has 0 fully saturated rings. The van der Waals surface area contributed by atoms with E-state index in [0.717, 1.165) is 0 Å². The summed E-state index contributed by atoms with van der Waals surface area (Å²) in [5, 5.41) is 7.50. The van der Waals surface area contributed by atoms with Crippen LogP contribution in [-0.4, -0.2) is 20.2 Å². The highest BCUT2D eigenvalue weighted by Gasteiger charge is 2.11. The molecule has 0 unspecified atom stereocenters. The minimum atomic E-state index is -0.439. The van der Waals surface area contributed by atoms with Gasteiger partial charge in [0.05, 0.1) is 17.3 Å². The third-order valence-corrected chi connectivity index (χ3v) is 2.68. The minimum Gasteiger partial charge on any atom is -0.368 e. The maximum Gasteiger partial charge on any atom is 0.222 e. The van der Waals surface area contributed by atoms with Gasteiger partial charge in [-0.1, -0.05) is 11.6 Å². The Bertz CT molecular complexity index is 719. The van der Waals surface area contributed by atoms with E-state index in [4.69, 9.17) is 17.3 Å². The number of rotatable bonds is 1. The molecule has 7 heteroatoms. The normalized spacial score (nSPS) is 11.0. The summed E-state index contributed by atoms with van der Waals surface area (Å²) in [4.78, 5) is 8.10. The van der Waals surface area contributed by atoms with E-state index in [1.54, 1.807) is 12.3 Å². The summed E-state index contributed by atoms with van der Waals surface area (Å²) in [7, 11) is 0. The van der Waals surface area contributed by atoms with Gasteiger partial charge in [0, 0.05) is 10.6 Å². The molecule has 2 aromatic heterocycles. The molecule has 0 amide bonds. The van der Waals surface area contributed by atoms with Gasteiger partial charge >= 0.3 is 0 Å². The van der Waals surface area contributed by atoms with Gasteiger partial charge in [-0.15, -0.1) is 0 Å². The summed E-state index contributed by atoms with van der Waals surface area (Å²) in [6.45, 7) is 0. The zero-order valence-electron chi connectivity index (χ0n) is 8.98. The highest BCUT2D eigenvalue weighted by molar-refractivity contribution is 6.30. The van der Waals surface area contributed by atoms with Crippen LogP contribution in [0.25, 0.3) is 22.3 Å². The van der Waals surface area contributed by atoms with Crippen molar-refractivity contribution in [1.82, 2.24) is 20.2 Å². The summed E-state index contributed by atoms with van der Waals surface area (Å²) in [6, 6.07) is 4.17. The standard InChI is InChI=1S/C11H7ClFN5/c12-6-1-5(2-7(13)3-6)9-8-4-15-18-10(8)17-11(14)16-9/h1-4H,(H3,14,15,16,17,18). The van der Waals surface area contributed by atoms with Gasteiger partial charge in [-0.3, -0.25) is 5.10 Å². The number of aromatic amines is 1. The number of nitrogens with one attached hydrogen (secondary N) is 1. The Morgan fingerprint density at radius 2 is 2.06 bits per heavy atom. The van der Waals surface area contributed by atoms with Crippen molar-refractivity contribution in [3.05, 3.63) is 35.2 Å². The molecule has 0 atom stereocenters. The van der Waals surface area contributed by atoms with Gasteiger partial charge in [0.1, 0.15) is 5.82 Å². The first-order valence-corrected chi connectivity index (χ1v) is 5.44. The molecule has 18 heavy (non-hydrogen) atoms. The highest BCUT2D eigenvalue weighted by Crippen LogP contribution is 2.28. The predicted octanol–water partition coefficient (Wildman–Crippen LogP) is 2.39. The first-order chi connectivity index (χ1) is 8.63. The number of H-pyrrole nitrogens is 1. The molecule has 0 aliphatic rings. The SMILES string of the molecule is Nc1nc(-c2cc(F)cc(Cl)c2)c2cn[nH]c2n1. The molecule has 0 spiro atoms. The highest BCUT2D eigenvalue weighted by atomic mass is 35.5. The molecule has 1 aromatic carbocycles. The van der Waals surface area contributed by atoms with Crippen molar-refractivity contribution in [2.75, 3.05) is 5.73 Å². The van der Waals surface area contributed by atoms with Crippen LogP contribution < -0.4 is 5.73 Å². The van der Waals surface area contributed by atoms with Crippen LogP contribution in [0, 0.1) is 5.82 Å². The summed E-state index contributed by atoms with van der Waals surface area (Å²) in [5.41, 5.74) is 7.12. The fourth-order valence-corrected chi connectivity index (χ4v) is 1.98. The Morgan fingerprint density at radius 1 is 1.22 bits per heavy atom. The molecule has 0 saturated heterocycles. The monoisotopic (exact) mass is 263 g/mol. The largest absolute Gasteiger partial charge is 0.368 e. The lowest BCUT2D eigenvalue weighted by Gasteiger charge is -2.04. The second-order valence-corrected chi connectivity index (χ2v) is 4.16. The number of halogens is 2. The van der Waals surface area contributed by atoms with Gasteiger partial charge in [0.25, 0.3) is 0 Å². The third-order valence-electron chi connectivity index (χ3n) is 2.46. The van der Waals surface area contributed by atoms with E-state index in [0.29, 0.717) is 27.3 Å². The number of anilines is 1. The zero-order valence-corrected chi connectivity index (χ0v) is 9.74. The van der Waals surface area contributed by atoms with Crippen LogP contribution in [0.2, 0.25) is 5.02 Å². The lowest BCUT2D eigenvalue weighted by atomic mass is 10.1. The molecule has 3 N–H and O–H groups in total. The molecule has 2 heterocycles. The van der Waals surface area contributed by atoms with E-state index in [-0.39, 0.29) is 5.95 Å². The van der Waals surface area contributed by atoms with Crippen molar-refractivity contribution >= 4 is 28.6 Å². The maximum atomic E-state index is 13.4. The van der Waals surface area contributed by atoms with Crippen molar-refractivity contribution in [3.8, 4) is 11.3 Å². The van der Waals surface area contributed by atoms with Gasteiger partial charge < -0.3 is 5.73 Å². The average Bonchev–Trinajstić information content (AvgIpc) is 2.74. The first-order valence-electron chi connectivity index (χ1n) is 5.06. The number of nitrogens with zero attached hydrogens (tertiary/aromatic N) is 3. The molecule has 3 aromatic rings. The number of hydrogen-bond donors (Lipinski definition) is 2. The van der Waals surface area contributed by atoms with Gasteiger partial charge in [0.15, 0.2) is 5.65 Å². The first kappa shape index (κ1) is 10.9. The second kappa shape index (κ2) is 3.92. The van der Waals surface area contributed by atoms with Crippen LogP contribution in [0.1, 0.15) is 0 Å².